The van der Waals surface area contributed by atoms with Gasteiger partial charge >= 0.3 is 5.97 Å². The third-order valence-electron chi connectivity index (χ3n) is 8.42. The van der Waals surface area contributed by atoms with Crippen molar-refractivity contribution in [2.45, 2.75) is 31.8 Å². The highest BCUT2D eigenvalue weighted by Gasteiger charge is 2.40. The van der Waals surface area contributed by atoms with Gasteiger partial charge in [0.05, 0.1) is 11.2 Å². The molecule has 0 aliphatic carbocycles. The second kappa shape index (κ2) is 11.7. The summed E-state index contributed by atoms with van der Waals surface area (Å²) in [5.74, 6) is -0.987. The molecule has 3 heterocycles. The molecule has 1 unspecified atom stereocenters. The highest BCUT2D eigenvalue weighted by atomic mass is 16.4. The Labute approximate surface area is 255 Å². The Morgan fingerprint density at radius 2 is 1.41 bits per heavy atom. The largest absolute Gasteiger partial charge is 0.480 e. The second-order valence-electron chi connectivity index (χ2n) is 10.9. The van der Waals surface area contributed by atoms with Crippen LogP contribution >= 0.6 is 0 Å². The highest BCUT2D eigenvalue weighted by molar-refractivity contribution is 5.77. The van der Waals surface area contributed by atoms with Crippen LogP contribution in [0.25, 0.3) is 16.9 Å². The van der Waals surface area contributed by atoms with E-state index in [0.717, 1.165) is 33.8 Å². The zero-order chi connectivity index (χ0) is 30.8. The average molecular weight is 584 g/mol. The van der Waals surface area contributed by atoms with Gasteiger partial charge in [-0.2, -0.15) is 0 Å². The predicted molar refractivity (Wildman–Crippen MR) is 171 cm³/mol. The topological polar surface area (TPSA) is 102 Å². The summed E-state index contributed by atoms with van der Waals surface area (Å²) >= 11 is 0. The first-order valence-electron chi connectivity index (χ1n) is 14.5. The van der Waals surface area contributed by atoms with E-state index in [4.69, 9.17) is 0 Å². The lowest BCUT2D eigenvalue weighted by Crippen LogP contribution is -2.53. The van der Waals surface area contributed by atoms with Crippen molar-refractivity contribution in [1.29, 1.82) is 0 Å². The van der Waals surface area contributed by atoms with Crippen molar-refractivity contribution in [3.63, 3.8) is 0 Å². The second-order valence-corrected chi connectivity index (χ2v) is 10.9. The van der Waals surface area contributed by atoms with E-state index in [1.54, 1.807) is 24.0 Å². The van der Waals surface area contributed by atoms with Gasteiger partial charge in [0.25, 0.3) is 5.56 Å². The standard InChI is InChI=1S/C36H33N5O3/c1-24-25(2)40(3)34(42)32(38-24)30-20-19-29(41-22-21-37-33(30)41)23-31(35(43)44)39-36(26-13-7-4-8-14-26,27-15-9-5-10-16-27)28-17-11-6-12-18-28/h4-22,31,39H,23H2,1-3H3,(H,43,44). The molecule has 3 aromatic carbocycles. The Bertz CT molecular complexity index is 1900. The molecule has 0 amide bonds. The number of nitrogens with zero attached hydrogens (tertiary/aromatic N) is 4. The van der Waals surface area contributed by atoms with E-state index < -0.39 is 17.6 Å². The number of hydrogen-bond acceptors (Lipinski definition) is 5. The van der Waals surface area contributed by atoms with Gasteiger partial charge in [-0.25, -0.2) is 9.97 Å². The van der Waals surface area contributed by atoms with Crippen LogP contribution in [0.2, 0.25) is 0 Å². The van der Waals surface area contributed by atoms with Crippen LogP contribution < -0.4 is 10.9 Å². The van der Waals surface area contributed by atoms with E-state index in [9.17, 15) is 14.7 Å². The minimum atomic E-state index is -1.00. The molecule has 1 atom stereocenters. The molecule has 0 aliphatic heterocycles. The van der Waals surface area contributed by atoms with Crippen LogP contribution in [-0.2, 0) is 23.8 Å². The monoisotopic (exact) mass is 583 g/mol. The third-order valence-corrected chi connectivity index (χ3v) is 8.42. The first-order chi connectivity index (χ1) is 21.3. The highest BCUT2D eigenvalue weighted by Crippen LogP contribution is 2.37. The molecule has 3 aromatic heterocycles. The molecule has 0 radical (unpaired) electrons. The smallest absolute Gasteiger partial charge is 0.321 e. The fourth-order valence-electron chi connectivity index (χ4n) is 5.93. The number of aliphatic carboxylic acids is 1. The van der Waals surface area contributed by atoms with Crippen LogP contribution in [0.5, 0.6) is 0 Å². The molecule has 0 bridgehead atoms. The maximum atomic E-state index is 13.2. The molecular weight excluding hydrogens is 550 g/mol. The van der Waals surface area contributed by atoms with Crippen molar-refractivity contribution >= 4 is 11.6 Å². The lowest BCUT2D eigenvalue weighted by Gasteiger charge is -2.39. The first kappa shape index (κ1) is 28.8. The van der Waals surface area contributed by atoms with Crippen LogP contribution in [0.15, 0.2) is 120 Å². The molecule has 2 N–H and O–H groups in total. The summed E-state index contributed by atoms with van der Waals surface area (Å²) in [7, 11) is 1.73. The molecule has 0 spiro atoms. The average Bonchev–Trinajstić information content (AvgIpc) is 3.56. The Balaban J connectivity index is 1.48. The van der Waals surface area contributed by atoms with Crippen LogP contribution in [0, 0.1) is 13.8 Å². The van der Waals surface area contributed by atoms with Crippen molar-refractivity contribution in [1.82, 2.24) is 24.3 Å². The molecule has 0 saturated heterocycles. The first-order valence-corrected chi connectivity index (χ1v) is 14.5. The maximum absolute atomic E-state index is 13.2. The number of carbonyl (C=O) groups is 1. The molecule has 8 heteroatoms. The van der Waals surface area contributed by atoms with E-state index in [1.807, 2.05) is 121 Å². The van der Waals surface area contributed by atoms with E-state index >= 15 is 0 Å². The van der Waals surface area contributed by atoms with E-state index in [0.29, 0.717) is 16.9 Å². The van der Waals surface area contributed by atoms with Crippen molar-refractivity contribution in [2.24, 2.45) is 7.05 Å². The quantitative estimate of drug-likeness (QED) is 0.224. The van der Waals surface area contributed by atoms with E-state index in [-0.39, 0.29) is 12.0 Å². The van der Waals surface area contributed by atoms with Gasteiger partial charge in [0.2, 0.25) is 0 Å². The number of hydrogen-bond donors (Lipinski definition) is 2. The zero-order valence-corrected chi connectivity index (χ0v) is 24.8. The van der Waals surface area contributed by atoms with Crippen molar-refractivity contribution in [3.8, 4) is 11.3 Å². The van der Waals surface area contributed by atoms with Gasteiger partial charge < -0.3 is 14.1 Å². The SMILES string of the molecule is Cc1nc(-c2ccc(CC(NC(c3ccccc3)(c3ccccc3)c3ccccc3)C(=O)O)n3ccnc23)c(=O)n(C)c1C. The number of aryl methyl sites for hydroxylation is 1. The number of rotatable bonds is 9. The maximum Gasteiger partial charge on any atom is 0.321 e. The van der Waals surface area contributed by atoms with Crippen molar-refractivity contribution in [3.05, 3.63) is 160 Å². The molecule has 0 saturated carbocycles. The number of nitrogens with one attached hydrogen (secondary N) is 1. The van der Waals surface area contributed by atoms with Crippen LogP contribution in [0.3, 0.4) is 0 Å². The van der Waals surface area contributed by atoms with Gasteiger partial charge in [0.15, 0.2) is 0 Å². The third kappa shape index (κ3) is 4.99. The van der Waals surface area contributed by atoms with Crippen LogP contribution in [0.4, 0.5) is 0 Å². The molecule has 220 valence electrons. The Morgan fingerprint density at radius 3 is 1.93 bits per heavy atom. The lowest BCUT2D eigenvalue weighted by atomic mass is 9.76. The molecule has 6 aromatic rings. The zero-order valence-electron chi connectivity index (χ0n) is 24.8. The number of aromatic nitrogens is 4. The lowest BCUT2D eigenvalue weighted by molar-refractivity contribution is -0.139. The molecule has 6 rings (SSSR count). The van der Waals surface area contributed by atoms with Crippen LogP contribution in [0.1, 0.15) is 33.8 Å². The van der Waals surface area contributed by atoms with Crippen molar-refractivity contribution < 1.29 is 9.90 Å². The molecule has 0 aliphatic rings. The van der Waals surface area contributed by atoms with Gasteiger partial charge in [0.1, 0.15) is 17.4 Å². The van der Waals surface area contributed by atoms with Crippen LogP contribution in [-0.4, -0.2) is 36.1 Å². The number of fused-ring (bicyclic) bond motifs is 1. The van der Waals surface area contributed by atoms with Crippen molar-refractivity contribution in [2.75, 3.05) is 0 Å². The molecular formula is C36H33N5O3. The van der Waals surface area contributed by atoms with Gasteiger partial charge in [-0.05, 0) is 42.7 Å². The summed E-state index contributed by atoms with van der Waals surface area (Å²) in [5, 5.41) is 14.3. The Morgan fingerprint density at radius 1 is 0.864 bits per heavy atom. The summed E-state index contributed by atoms with van der Waals surface area (Å²) in [4.78, 5) is 35.4. The van der Waals surface area contributed by atoms with Gasteiger partial charge in [-0.3, -0.25) is 14.9 Å². The Hall–Kier alpha value is -5.34. The molecule has 44 heavy (non-hydrogen) atoms. The summed E-state index contributed by atoms with van der Waals surface area (Å²) < 4.78 is 3.43. The van der Waals surface area contributed by atoms with Gasteiger partial charge in [-0.15, -0.1) is 0 Å². The van der Waals surface area contributed by atoms with Gasteiger partial charge in [-0.1, -0.05) is 91.0 Å². The fraction of sp³-hybridized carbons (Fsp3) is 0.167. The van der Waals surface area contributed by atoms with E-state index in [2.05, 4.69) is 15.3 Å². The van der Waals surface area contributed by atoms with Gasteiger partial charge in [0, 0.05) is 42.8 Å². The normalized spacial score (nSPS) is 12.3. The number of benzene rings is 3. The Kier molecular flexibility index (Phi) is 7.67. The van der Waals surface area contributed by atoms with E-state index in [1.165, 1.54) is 0 Å². The number of carboxylic acid groups (broad SMARTS) is 1. The number of pyridine rings is 1. The number of imidazole rings is 1. The fourth-order valence-corrected chi connectivity index (χ4v) is 5.93. The minimum Gasteiger partial charge on any atom is -0.480 e. The summed E-state index contributed by atoms with van der Waals surface area (Å²) in [6, 6.07) is 32.4. The summed E-state index contributed by atoms with van der Waals surface area (Å²) in [6.45, 7) is 3.73. The summed E-state index contributed by atoms with van der Waals surface area (Å²) in [6.07, 6.45) is 3.59. The number of carboxylic acids is 1. The minimum absolute atomic E-state index is 0.148. The summed E-state index contributed by atoms with van der Waals surface area (Å²) in [5.41, 5.74) is 5.30. The molecule has 8 nitrogen and oxygen atoms in total. The molecule has 0 fully saturated rings. The predicted octanol–water partition coefficient (Wildman–Crippen LogP) is 5.29.